The predicted octanol–water partition coefficient (Wildman–Crippen LogP) is 3.42. The topological polar surface area (TPSA) is 86.9 Å². The second-order valence-electron chi connectivity index (χ2n) is 7.79. The van der Waals surface area contributed by atoms with Gasteiger partial charge < -0.3 is 15.6 Å². The summed E-state index contributed by atoms with van der Waals surface area (Å²) in [5.41, 5.74) is 2.72. The molecule has 2 amide bonds. The van der Waals surface area contributed by atoms with Crippen LogP contribution in [0, 0.1) is 11.8 Å². The van der Waals surface area contributed by atoms with E-state index in [4.69, 9.17) is 0 Å². The Morgan fingerprint density at radius 1 is 1.07 bits per heavy atom. The van der Waals surface area contributed by atoms with Crippen LogP contribution in [0.2, 0.25) is 0 Å². The third-order valence-corrected chi connectivity index (χ3v) is 5.77. The molecule has 6 nitrogen and oxygen atoms in total. The highest BCUT2D eigenvalue weighted by Crippen LogP contribution is 2.28. The zero-order valence-electron chi connectivity index (χ0n) is 16.4. The Balaban J connectivity index is 1.20. The molecule has 6 heteroatoms. The number of aromatic nitrogens is 2. The van der Waals surface area contributed by atoms with E-state index >= 15 is 0 Å². The monoisotopic (exact) mass is 390 g/mol. The van der Waals surface area contributed by atoms with E-state index < -0.39 is 0 Å². The molecule has 2 heterocycles. The van der Waals surface area contributed by atoms with Crippen LogP contribution in [0.3, 0.4) is 0 Å². The van der Waals surface area contributed by atoms with E-state index in [1.807, 2.05) is 42.6 Å². The standard InChI is InChI=1S/C23H26N4O2/c28-22(27-15-17-2-1-10-24-13-17)18-5-3-16(4-6-18)14-26-23(29)20-7-8-21-19(12-20)9-11-25-21/h1-2,7-13,16,18,25H,3-6,14-15H2,(H,26,29)(H,27,28). The molecule has 1 saturated carbocycles. The van der Waals surface area contributed by atoms with Crippen molar-refractivity contribution in [1.82, 2.24) is 20.6 Å². The lowest BCUT2D eigenvalue weighted by atomic mass is 9.81. The molecule has 0 saturated heterocycles. The summed E-state index contributed by atoms with van der Waals surface area (Å²) in [5.74, 6) is 0.576. The average molecular weight is 390 g/mol. The number of hydrogen-bond donors (Lipinski definition) is 3. The smallest absolute Gasteiger partial charge is 0.251 e. The molecule has 29 heavy (non-hydrogen) atoms. The SMILES string of the molecule is O=C(NCC1CCC(C(=O)NCc2cccnc2)CC1)c1ccc2[nH]ccc2c1. The molecule has 1 aliphatic carbocycles. The van der Waals surface area contributed by atoms with Crippen molar-refractivity contribution in [1.29, 1.82) is 0 Å². The van der Waals surface area contributed by atoms with Crippen LogP contribution in [0.5, 0.6) is 0 Å². The van der Waals surface area contributed by atoms with Gasteiger partial charge in [0.2, 0.25) is 5.91 Å². The molecular formula is C23H26N4O2. The summed E-state index contributed by atoms with van der Waals surface area (Å²) in [6, 6.07) is 11.5. The highest BCUT2D eigenvalue weighted by Gasteiger charge is 2.26. The number of amides is 2. The maximum atomic E-state index is 12.5. The number of nitrogens with zero attached hydrogens (tertiary/aromatic N) is 1. The van der Waals surface area contributed by atoms with Crippen molar-refractivity contribution in [2.24, 2.45) is 11.8 Å². The van der Waals surface area contributed by atoms with Gasteiger partial charge in [-0.15, -0.1) is 0 Å². The van der Waals surface area contributed by atoms with Crippen LogP contribution in [0.4, 0.5) is 0 Å². The van der Waals surface area contributed by atoms with Crippen LogP contribution in [-0.4, -0.2) is 28.3 Å². The van der Waals surface area contributed by atoms with E-state index in [0.29, 0.717) is 24.6 Å². The molecule has 2 aromatic heterocycles. The second-order valence-corrected chi connectivity index (χ2v) is 7.79. The molecule has 0 spiro atoms. The predicted molar refractivity (Wildman–Crippen MR) is 112 cm³/mol. The van der Waals surface area contributed by atoms with Crippen LogP contribution in [0.1, 0.15) is 41.6 Å². The van der Waals surface area contributed by atoms with Crippen molar-refractivity contribution < 1.29 is 9.59 Å². The Morgan fingerprint density at radius 3 is 2.72 bits per heavy atom. The summed E-state index contributed by atoms with van der Waals surface area (Å²) in [7, 11) is 0. The summed E-state index contributed by atoms with van der Waals surface area (Å²) in [4.78, 5) is 32.1. The number of benzene rings is 1. The molecule has 0 aliphatic heterocycles. The number of carbonyl (C=O) groups is 2. The van der Waals surface area contributed by atoms with Gasteiger partial charge >= 0.3 is 0 Å². The van der Waals surface area contributed by atoms with Gasteiger partial charge in [0.15, 0.2) is 0 Å². The minimum absolute atomic E-state index is 0.0376. The van der Waals surface area contributed by atoms with Crippen molar-refractivity contribution in [3.63, 3.8) is 0 Å². The van der Waals surface area contributed by atoms with E-state index in [1.54, 1.807) is 12.4 Å². The van der Waals surface area contributed by atoms with Crippen molar-refractivity contribution in [3.8, 4) is 0 Å². The van der Waals surface area contributed by atoms with Crippen molar-refractivity contribution in [2.45, 2.75) is 32.2 Å². The molecule has 1 fully saturated rings. The lowest BCUT2D eigenvalue weighted by molar-refractivity contribution is -0.126. The first-order chi connectivity index (χ1) is 14.2. The van der Waals surface area contributed by atoms with Crippen molar-refractivity contribution in [2.75, 3.05) is 6.54 Å². The van der Waals surface area contributed by atoms with Crippen molar-refractivity contribution >= 4 is 22.7 Å². The quantitative estimate of drug-likeness (QED) is 0.603. The minimum atomic E-state index is -0.0376. The van der Waals surface area contributed by atoms with Gasteiger partial charge in [-0.1, -0.05) is 6.07 Å². The van der Waals surface area contributed by atoms with Gasteiger partial charge in [-0.3, -0.25) is 14.6 Å². The number of pyridine rings is 1. The summed E-state index contributed by atoms with van der Waals surface area (Å²) < 4.78 is 0. The number of fused-ring (bicyclic) bond motifs is 1. The van der Waals surface area contributed by atoms with E-state index in [1.165, 1.54) is 0 Å². The fraction of sp³-hybridized carbons (Fsp3) is 0.348. The van der Waals surface area contributed by atoms with Crippen LogP contribution in [0.25, 0.3) is 10.9 Å². The number of hydrogen-bond acceptors (Lipinski definition) is 3. The number of H-pyrrole nitrogens is 1. The number of rotatable bonds is 6. The van der Waals surface area contributed by atoms with Crippen molar-refractivity contribution in [3.05, 3.63) is 66.1 Å². The molecule has 4 rings (SSSR count). The largest absolute Gasteiger partial charge is 0.361 e. The summed E-state index contributed by atoms with van der Waals surface area (Å²) in [5, 5.41) is 7.11. The maximum absolute atomic E-state index is 12.5. The lowest BCUT2D eigenvalue weighted by Crippen LogP contribution is -2.36. The van der Waals surface area contributed by atoms with E-state index in [2.05, 4.69) is 20.6 Å². The number of carbonyl (C=O) groups excluding carboxylic acids is 2. The first-order valence-electron chi connectivity index (χ1n) is 10.2. The van der Waals surface area contributed by atoms with E-state index in [9.17, 15) is 9.59 Å². The molecule has 150 valence electrons. The van der Waals surface area contributed by atoms with Gasteiger partial charge in [-0.25, -0.2) is 0 Å². The van der Waals surface area contributed by atoms with Gasteiger partial charge in [-0.05, 0) is 67.5 Å². The fourth-order valence-corrected chi connectivity index (χ4v) is 4.00. The number of aromatic amines is 1. The van der Waals surface area contributed by atoms with Gasteiger partial charge in [0.1, 0.15) is 0 Å². The zero-order chi connectivity index (χ0) is 20.1. The molecule has 0 unspecified atom stereocenters. The molecule has 1 aliphatic rings. The van der Waals surface area contributed by atoms with Gasteiger partial charge in [0, 0.05) is 54.1 Å². The average Bonchev–Trinajstić information content (AvgIpc) is 3.25. The third kappa shape index (κ3) is 4.83. The van der Waals surface area contributed by atoms with E-state index in [-0.39, 0.29) is 17.7 Å². The molecular weight excluding hydrogens is 364 g/mol. The minimum Gasteiger partial charge on any atom is -0.361 e. The van der Waals surface area contributed by atoms with E-state index in [0.717, 1.165) is 42.1 Å². The molecule has 3 aromatic rings. The summed E-state index contributed by atoms with van der Waals surface area (Å²) in [6.07, 6.45) is 9.03. The fourth-order valence-electron chi connectivity index (χ4n) is 4.00. The zero-order valence-corrected chi connectivity index (χ0v) is 16.4. The van der Waals surface area contributed by atoms with Gasteiger partial charge in [-0.2, -0.15) is 0 Å². The normalized spacial score (nSPS) is 19.0. The lowest BCUT2D eigenvalue weighted by Gasteiger charge is -2.28. The Kier molecular flexibility index (Phi) is 5.89. The summed E-state index contributed by atoms with van der Waals surface area (Å²) >= 11 is 0. The first kappa shape index (κ1) is 19.2. The maximum Gasteiger partial charge on any atom is 0.251 e. The van der Waals surface area contributed by atoms with Crippen LogP contribution < -0.4 is 10.6 Å². The molecule has 3 N–H and O–H groups in total. The Labute approximate surface area is 170 Å². The molecule has 0 atom stereocenters. The Morgan fingerprint density at radius 2 is 1.93 bits per heavy atom. The molecule has 0 radical (unpaired) electrons. The summed E-state index contributed by atoms with van der Waals surface area (Å²) in [6.45, 7) is 1.18. The highest BCUT2D eigenvalue weighted by molar-refractivity contribution is 5.98. The van der Waals surface area contributed by atoms with Crippen LogP contribution >= 0.6 is 0 Å². The molecule has 1 aromatic carbocycles. The number of nitrogens with one attached hydrogen (secondary N) is 3. The second kappa shape index (κ2) is 8.90. The van der Waals surface area contributed by atoms with Gasteiger partial charge in [0.25, 0.3) is 5.91 Å². The Hall–Kier alpha value is -3.15. The first-order valence-corrected chi connectivity index (χ1v) is 10.2. The van der Waals surface area contributed by atoms with Gasteiger partial charge in [0.05, 0.1) is 0 Å². The van der Waals surface area contributed by atoms with Crippen LogP contribution in [0.15, 0.2) is 55.0 Å². The molecule has 0 bridgehead atoms. The Bertz CT molecular complexity index is 975. The third-order valence-electron chi connectivity index (χ3n) is 5.77. The highest BCUT2D eigenvalue weighted by atomic mass is 16.2. The van der Waals surface area contributed by atoms with Crippen LogP contribution in [-0.2, 0) is 11.3 Å².